The molecular weight excluding hydrogens is 251 g/mol. The number of hydrogen-bond acceptors (Lipinski definition) is 4. The molecule has 6 heteroatoms. The quantitative estimate of drug-likeness (QED) is 0.316. The molecule has 0 rings (SSSR count). The summed E-state index contributed by atoms with van der Waals surface area (Å²) in [5.41, 5.74) is 0. The molecule has 0 aromatic heterocycles. The molecule has 0 aliphatic carbocycles. The molecule has 0 fully saturated rings. The van der Waals surface area contributed by atoms with E-state index in [1.807, 2.05) is 0 Å². The molecule has 4 nitrogen and oxygen atoms in total. The Hall–Kier alpha value is 0.870. The second kappa shape index (κ2) is 11.9. The Bertz CT molecular complexity index is 254. The molecule has 0 aliphatic rings. The summed E-state index contributed by atoms with van der Waals surface area (Å²) >= 11 is 0. The molecule has 0 aromatic rings. The van der Waals surface area contributed by atoms with Crippen LogP contribution in [0.25, 0.3) is 0 Å². The smallest absolute Gasteiger partial charge is 0.748 e. The van der Waals surface area contributed by atoms with Gasteiger partial charge in [-0.15, -0.1) is 0 Å². The third kappa shape index (κ3) is 11.7. The van der Waals surface area contributed by atoms with Crippen molar-refractivity contribution in [1.82, 2.24) is 0 Å². The van der Waals surface area contributed by atoms with E-state index in [0.717, 1.165) is 19.3 Å². The molecule has 0 bridgehead atoms. The van der Waals surface area contributed by atoms with E-state index in [2.05, 4.69) is 6.92 Å². The van der Waals surface area contributed by atoms with Crippen molar-refractivity contribution in [3.63, 3.8) is 0 Å². The molecule has 0 saturated carbocycles. The zero-order valence-corrected chi connectivity index (χ0v) is 13.8. The van der Waals surface area contributed by atoms with Gasteiger partial charge in [0.05, 0.1) is 15.4 Å². The summed E-state index contributed by atoms with van der Waals surface area (Å²) in [6, 6.07) is 0. The van der Waals surface area contributed by atoms with E-state index >= 15 is 0 Å². The third-order valence-electron chi connectivity index (χ3n) is 2.74. The van der Waals surface area contributed by atoms with Crippen LogP contribution < -0.4 is 29.6 Å². The van der Waals surface area contributed by atoms with E-state index in [9.17, 15) is 13.0 Å². The van der Waals surface area contributed by atoms with Crippen molar-refractivity contribution < 1.29 is 47.6 Å². The fraction of sp³-hybridized carbons (Fsp3) is 1.00. The first-order valence-electron chi connectivity index (χ1n) is 6.08. The summed E-state index contributed by atoms with van der Waals surface area (Å²) in [5.74, 6) is 0. The first-order valence-corrected chi connectivity index (χ1v) is 7.55. The molecule has 0 heterocycles. The summed E-state index contributed by atoms with van der Waals surface area (Å²) in [5, 5.41) is 7.77. The van der Waals surface area contributed by atoms with Crippen molar-refractivity contribution in [1.29, 1.82) is 0 Å². The number of rotatable bonds is 10. The van der Waals surface area contributed by atoms with Gasteiger partial charge in [-0.1, -0.05) is 45.4 Å². The van der Waals surface area contributed by atoms with Crippen molar-refractivity contribution in [2.45, 2.75) is 63.5 Å². The van der Waals surface area contributed by atoms with Crippen molar-refractivity contribution in [2.24, 2.45) is 0 Å². The second-order valence-electron chi connectivity index (χ2n) is 4.18. The molecule has 0 aliphatic heterocycles. The van der Waals surface area contributed by atoms with Crippen LogP contribution in [0.2, 0.25) is 0 Å². The van der Waals surface area contributed by atoms with Gasteiger partial charge in [-0.25, -0.2) is 8.42 Å². The van der Waals surface area contributed by atoms with Crippen molar-refractivity contribution >= 4 is 10.1 Å². The van der Waals surface area contributed by atoms with E-state index in [0.29, 0.717) is 6.42 Å². The van der Waals surface area contributed by atoms with Crippen LogP contribution in [0.3, 0.4) is 0 Å². The van der Waals surface area contributed by atoms with Gasteiger partial charge < -0.3 is 9.66 Å². The van der Waals surface area contributed by atoms with Crippen molar-refractivity contribution in [2.75, 3.05) is 6.61 Å². The van der Waals surface area contributed by atoms with E-state index in [-0.39, 0.29) is 42.6 Å². The Morgan fingerprint density at radius 2 is 1.59 bits per heavy atom. The maximum atomic E-state index is 10.8. The average Bonchev–Trinajstić information content (AvgIpc) is 2.20. The predicted molar refractivity (Wildman–Crippen MR) is 63.2 cm³/mol. The van der Waals surface area contributed by atoms with Gasteiger partial charge in [0.25, 0.3) is 0 Å². The molecule has 17 heavy (non-hydrogen) atoms. The van der Waals surface area contributed by atoms with Crippen molar-refractivity contribution in [3.05, 3.63) is 0 Å². The maximum Gasteiger partial charge on any atom is 1.00 e. The first kappa shape index (κ1) is 20.2. The van der Waals surface area contributed by atoms with Gasteiger partial charge in [0.2, 0.25) is 0 Å². The number of hydrogen-bond donors (Lipinski definition) is 1. The normalized spacial score (nSPS) is 13.1. The molecule has 0 spiro atoms. The second-order valence-corrected chi connectivity index (χ2v) is 5.84. The minimum Gasteiger partial charge on any atom is -0.748 e. The van der Waals surface area contributed by atoms with Gasteiger partial charge in [0, 0.05) is 6.61 Å². The number of aliphatic hydroxyl groups excluding tert-OH is 1. The number of aliphatic hydroxyl groups is 1. The van der Waals surface area contributed by atoms with Gasteiger partial charge in [0.15, 0.2) is 0 Å². The van der Waals surface area contributed by atoms with E-state index in [4.69, 9.17) is 5.11 Å². The third-order valence-corrected chi connectivity index (χ3v) is 4.03. The predicted octanol–water partition coefficient (Wildman–Crippen LogP) is -0.963. The van der Waals surface area contributed by atoms with Crippen LogP contribution >= 0.6 is 0 Å². The Morgan fingerprint density at radius 3 is 2.06 bits per heavy atom. The van der Waals surface area contributed by atoms with Crippen LogP contribution in [0.5, 0.6) is 0 Å². The number of unbranched alkanes of at least 4 members (excludes halogenated alkanes) is 5. The van der Waals surface area contributed by atoms with Crippen molar-refractivity contribution in [3.8, 4) is 0 Å². The van der Waals surface area contributed by atoms with Crippen LogP contribution in [0.15, 0.2) is 0 Å². The fourth-order valence-corrected chi connectivity index (χ4v) is 2.58. The molecule has 0 aromatic carbocycles. The SMILES string of the molecule is CCCCCCCCC(CCO)S(=O)(=O)[O-].[Na+]. The van der Waals surface area contributed by atoms with Crippen LogP contribution in [0.1, 0.15) is 58.3 Å². The van der Waals surface area contributed by atoms with Crippen LogP contribution in [-0.2, 0) is 10.1 Å². The van der Waals surface area contributed by atoms with Crippen LogP contribution in [-0.4, -0.2) is 29.9 Å². The van der Waals surface area contributed by atoms with Crippen LogP contribution in [0, 0.1) is 0 Å². The molecule has 0 radical (unpaired) electrons. The summed E-state index contributed by atoms with van der Waals surface area (Å²) in [6.45, 7) is 1.91. The Kier molecular flexibility index (Phi) is 14.2. The molecule has 1 unspecified atom stereocenters. The summed E-state index contributed by atoms with van der Waals surface area (Å²) in [6.07, 6.45) is 6.85. The Morgan fingerprint density at radius 1 is 1.06 bits per heavy atom. The summed E-state index contributed by atoms with van der Waals surface area (Å²) in [4.78, 5) is 0. The largest absolute Gasteiger partial charge is 1.00 e. The maximum absolute atomic E-state index is 10.8. The minimum atomic E-state index is -4.23. The van der Waals surface area contributed by atoms with E-state index in [1.165, 1.54) is 19.3 Å². The summed E-state index contributed by atoms with van der Waals surface area (Å²) < 4.78 is 32.5. The molecule has 1 atom stereocenters. The monoisotopic (exact) mass is 274 g/mol. The standard InChI is InChI=1S/C11H24O4S.Na/c1-2-3-4-5-6-7-8-11(9-10-12)16(13,14)15;/h11-12H,2-10H2,1H3,(H,13,14,15);/q;+1/p-1. The zero-order chi connectivity index (χ0) is 12.4. The molecule has 0 saturated heterocycles. The van der Waals surface area contributed by atoms with Gasteiger partial charge in [-0.05, 0) is 12.8 Å². The van der Waals surface area contributed by atoms with E-state index < -0.39 is 15.4 Å². The molecule has 98 valence electrons. The Balaban J connectivity index is 0. The van der Waals surface area contributed by atoms with Gasteiger partial charge in [0.1, 0.15) is 0 Å². The Labute approximate surface area is 127 Å². The topological polar surface area (TPSA) is 77.4 Å². The fourth-order valence-electron chi connectivity index (χ4n) is 1.73. The van der Waals surface area contributed by atoms with E-state index in [1.54, 1.807) is 0 Å². The zero-order valence-electron chi connectivity index (χ0n) is 11.0. The molecular formula is C11H23NaO4S. The molecule has 1 N–H and O–H groups in total. The first-order chi connectivity index (χ1) is 7.52. The summed E-state index contributed by atoms with van der Waals surface area (Å²) in [7, 11) is -4.23. The van der Waals surface area contributed by atoms with Gasteiger partial charge in [-0.2, -0.15) is 0 Å². The van der Waals surface area contributed by atoms with Crippen LogP contribution in [0.4, 0.5) is 0 Å². The average molecular weight is 274 g/mol. The minimum absolute atomic E-state index is 0. The van der Waals surface area contributed by atoms with Gasteiger partial charge >= 0.3 is 29.6 Å². The molecule has 0 amide bonds. The van der Waals surface area contributed by atoms with Gasteiger partial charge in [-0.3, -0.25) is 0 Å².